The molecule has 0 atom stereocenters. The quantitative estimate of drug-likeness (QED) is 0.0559. The predicted molar refractivity (Wildman–Crippen MR) is 221 cm³/mol. The molecule has 0 saturated carbocycles. The first-order chi connectivity index (χ1) is 23.9. The Morgan fingerprint density at radius 3 is 0.792 bits per heavy atom. The molecule has 0 N–H and O–H groups in total. The van der Waals surface area contributed by atoms with Crippen LogP contribution in [0, 0.1) is 0 Å². The van der Waals surface area contributed by atoms with Crippen molar-refractivity contribution in [1.82, 2.24) is 0 Å². The molecule has 0 aliphatic rings. The van der Waals surface area contributed by atoms with Crippen molar-refractivity contribution in [3.05, 3.63) is 229 Å². The molecule has 6 aromatic rings. The van der Waals surface area contributed by atoms with Gasteiger partial charge in [-0.05, 0) is 48.2 Å². The van der Waals surface area contributed by atoms with Gasteiger partial charge in [-0.25, -0.2) is 0 Å². The summed E-state index contributed by atoms with van der Waals surface area (Å²) in [5.41, 5.74) is 2.45. The van der Waals surface area contributed by atoms with Gasteiger partial charge in [-0.2, -0.15) is 0 Å². The van der Waals surface area contributed by atoms with Crippen molar-refractivity contribution in [1.29, 1.82) is 0 Å². The van der Waals surface area contributed by atoms with E-state index in [1.54, 1.807) is 20.3 Å². The van der Waals surface area contributed by atoms with Crippen molar-refractivity contribution in [2.45, 2.75) is 0 Å². The molecule has 6 rings (SSSR count). The second-order valence-electron chi connectivity index (χ2n) is 10.3. The van der Waals surface area contributed by atoms with Crippen LogP contribution < -0.4 is 21.2 Å². The Hall–Kier alpha value is -3.61. The van der Waals surface area contributed by atoms with E-state index in [9.17, 15) is 0 Å². The van der Waals surface area contributed by atoms with Crippen molar-refractivity contribution in [3.8, 4) is 0 Å². The van der Waals surface area contributed by atoms with Gasteiger partial charge in [0.05, 0.1) is 0 Å². The first-order valence-electron chi connectivity index (χ1n) is 15.6. The summed E-state index contributed by atoms with van der Waals surface area (Å²) in [5.74, 6) is 4.64. The molecule has 0 spiro atoms. The molecule has 242 valence electrons. The zero-order valence-corrected chi connectivity index (χ0v) is 31.4. The molecular formula is C44H38CuIP2. The molecule has 0 fully saturated rings. The molecule has 48 heavy (non-hydrogen) atoms. The van der Waals surface area contributed by atoms with Gasteiger partial charge in [0.25, 0.3) is 0 Å². The van der Waals surface area contributed by atoms with Crippen LogP contribution in [-0.4, -0.2) is 0 Å². The molecule has 0 aliphatic carbocycles. The molecular weight excluding hydrogens is 781 g/mol. The van der Waals surface area contributed by atoms with Gasteiger partial charge in [0.1, 0.15) is 0 Å². The Morgan fingerprint density at radius 2 is 0.542 bits per heavy atom. The molecule has 0 radical (unpaired) electrons. The van der Waals surface area contributed by atoms with Crippen LogP contribution in [0.25, 0.3) is 12.2 Å². The van der Waals surface area contributed by atoms with E-state index in [4.69, 9.17) is 0 Å². The minimum atomic E-state index is -0.463. The number of rotatable bonds is 10. The van der Waals surface area contributed by atoms with E-state index in [-0.39, 0.29) is 0 Å². The summed E-state index contributed by atoms with van der Waals surface area (Å²) < 4.78 is 0. The zero-order valence-electron chi connectivity index (χ0n) is 26.5. The third-order valence-corrected chi connectivity index (χ3v) is 11.4. The number of halogens is 1. The van der Waals surface area contributed by atoms with E-state index < -0.39 is 15.8 Å². The number of hydrogen-bond acceptors (Lipinski definition) is 0. The molecule has 6 aromatic carbocycles. The molecule has 0 aliphatic heterocycles. The van der Waals surface area contributed by atoms with Crippen LogP contribution in [0.3, 0.4) is 0 Å². The topological polar surface area (TPSA) is 0 Å². The van der Waals surface area contributed by atoms with E-state index in [0.29, 0.717) is 0 Å². The van der Waals surface area contributed by atoms with E-state index in [1.807, 2.05) is 12.1 Å². The number of hydrogen-bond donors (Lipinski definition) is 0. The molecule has 0 unspecified atom stereocenters. The van der Waals surface area contributed by atoms with Gasteiger partial charge in [-0.1, -0.05) is 230 Å². The Morgan fingerprint density at radius 1 is 0.312 bits per heavy atom. The molecule has 4 heteroatoms. The summed E-state index contributed by atoms with van der Waals surface area (Å²) in [6.07, 6.45) is 12.9. The van der Waals surface area contributed by atoms with Crippen molar-refractivity contribution >= 4 is 69.6 Å². The van der Waals surface area contributed by atoms with E-state index in [2.05, 4.69) is 231 Å². The van der Waals surface area contributed by atoms with Gasteiger partial charge >= 0.3 is 33.1 Å². The molecule has 0 nitrogen and oxygen atoms in total. The fourth-order valence-electron chi connectivity index (χ4n) is 4.73. The number of benzene rings is 6. The van der Waals surface area contributed by atoms with E-state index in [0.717, 1.165) is 0 Å². The second-order valence-corrected chi connectivity index (χ2v) is 14.4. The summed E-state index contributed by atoms with van der Waals surface area (Å²) in [5, 5.41) is 5.49. The second kappa shape index (κ2) is 22.9. The van der Waals surface area contributed by atoms with Gasteiger partial charge < -0.3 is 0 Å². The normalized spacial score (nSPS) is 11.2. The summed E-state index contributed by atoms with van der Waals surface area (Å²) in [6.45, 7) is 0. The Bertz CT molecular complexity index is 1590. The van der Waals surface area contributed by atoms with Crippen molar-refractivity contribution in [2.75, 3.05) is 0 Å². The summed E-state index contributed by atoms with van der Waals surface area (Å²) >= 11 is 5.87. The molecule has 0 aromatic heterocycles. The Balaban J connectivity index is 0.000000206. The minimum absolute atomic E-state index is 0.463. The maximum atomic E-state index is 4.16. The standard InChI is InChI=1S/2C22H19P.Cu.HI/c2*1-4-12-20(13-5-1)14-10-11-19-23(21-15-6-2-7-16-21)22-17-8-3-9-18-22;;/h2*1-19H;;1H/q;;+1;/p-1/b2*14-10+,19-11-;;. The van der Waals surface area contributed by atoms with Gasteiger partial charge in [0.2, 0.25) is 0 Å². The summed E-state index contributed by atoms with van der Waals surface area (Å²) in [6, 6.07) is 63.6. The molecule has 0 bridgehead atoms. The van der Waals surface area contributed by atoms with Crippen LogP contribution in [0.1, 0.15) is 11.1 Å². The van der Waals surface area contributed by atoms with Crippen LogP contribution in [0.15, 0.2) is 218 Å². The fourth-order valence-corrected chi connectivity index (χ4v) is 8.53. The van der Waals surface area contributed by atoms with E-state index in [1.165, 1.54) is 32.3 Å². The average molecular weight is 819 g/mol. The predicted octanol–water partition coefficient (Wildman–Crippen LogP) is 11.6. The molecule has 0 amide bonds. The van der Waals surface area contributed by atoms with Gasteiger partial charge in [-0.15, -0.1) is 0 Å². The maximum absolute atomic E-state index is 4.16. The SMILES string of the molecule is C(=C/P(c1ccccc1)c1ccccc1)/C=C/c1ccccc1.C(=C/P(c1ccccc1)c1ccccc1)/C=C/c1ccccc1.[Cu][I]. The first kappa shape index (κ1) is 37.2. The third kappa shape index (κ3) is 13.1. The zero-order chi connectivity index (χ0) is 33.5. The monoisotopic (exact) mass is 818 g/mol. The van der Waals surface area contributed by atoms with Crippen molar-refractivity contribution in [2.24, 2.45) is 0 Å². The average Bonchev–Trinajstić information content (AvgIpc) is 3.18. The Kier molecular flexibility index (Phi) is 17.7. The van der Waals surface area contributed by atoms with Crippen LogP contribution in [0.4, 0.5) is 0 Å². The molecule has 0 heterocycles. The molecule has 0 saturated heterocycles. The summed E-state index contributed by atoms with van der Waals surface area (Å²) in [4.78, 5) is 0. The summed E-state index contributed by atoms with van der Waals surface area (Å²) in [7, 11) is -0.926. The van der Waals surface area contributed by atoms with Gasteiger partial charge in [-0.3, -0.25) is 0 Å². The fraction of sp³-hybridized carbons (Fsp3) is 0. The van der Waals surface area contributed by atoms with Crippen molar-refractivity contribution in [3.63, 3.8) is 0 Å². The number of allylic oxidation sites excluding steroid dienone is 4. The van der Waals surface area contributed by atoms with E-state index >= 15 is 0 Å². The first-order valence-corrected chi connectivity index (χ1v) is 21.4. The van der Waals surface area contributed by atoms with Gasteiger partial charge in [0, 0.05) is 0 Å². The van der Waals surface area contributed by atoms with Crippen LogP contribution in [0.5, 0.6) is 0 Å². The third-order valence-electron chi connectivity index (χ3n) is 7.01. The van der Waals surface area contributed by atoms with Gasteiger partial charge in [0.15, 0.2) is 0 Å². The van der Waals surface area contributed by atoms with Crippen molar-refractivity contribution < 1.29 is 12.8 Å². The Labute approximate surface area is 309 Å². The van der Waals surface area contributed by atoms with Crippen LogP contribution in [0.2, 0.25) is 0 Å². The van der Waals surface area contributed by atoms with Crippen LogP contribution in [-0.2, 0) is 12.8 Å². The van der Waals surface area contributed by atoms with Crippen LogP contribution >= 0.6 is 36.2 Å².